The predicted octanol–water partition coefficient (Wildman–Crippen LogP) is 2.97. The van der Waals surface area contributed by atoms with Gasteiger partial charge in [0.25, 0.3) is 0 Å². The van der Waals surface area contributed by atoms with E-state index in [0.717, 1.165) is 40.0 Å². The van der Waals surface area contributed by atoms with E-state index < -0.39 is 9.84 Å². The number of sulfone groups is 1. The highest BCUT2D eigenvalue weighted by molar-refractivity contribution is 7.89. The SMILES string of the molecule is CCn1cnc(-c2cc(C)c3cc(CS(C)(=O)=O)ccc3n2)c1. The van der Waals surface area contributed by atoms with Gasteiger partial charge in [-0.3, -0.25) is 0 Å². The molecule has 120 valence electrons. The fraction of sp³-hybridized carbons (Fsp3) is 0.294. The molecule has 0 radical (unpaired) electrons. The quantitative estimate of drug-likeness (QED) is 0.738. The topological polar surface area (TPSA) is 64.8 Å². The monoisotopic (exact) mass is 329 g/mol. The van der Waals surface area contributed by atoms with Crippen molar-refractivity contribution in [2.45, 2.75) is 26.1 Å². The second-order valence-corrected chi connectivity index (χ2v) is 7.98. The van der Waals surface area contributed by atoms with Gasteiger partial charge in [-0.25, -0.2) is 18.4 Å². The number of imidazole rings is 1. The van der Waals surface area contributed by atoms with E-state index in [0.29, 0.717) is 0 Å². The van der Waals surface area contributed by atoms with Crippen molar-refractivity contribution in [3.63, 3.8) is 0 Å². The van der Waals surface area contributed by atoms with Gasteiger partial charge in [-0.1, -0.05) is 6.07 Å². The summed E-state index contributed by atoms with van der Waals surface area (Å²) < 4.78 is 24.9. The van der Waals surface area contributed by atoms with Crippen LogP contribution in [0.15, 0.2) is 36.8 Å². The van der Waals surface area contributed by atoms with E-state index >= 15 is 0 Å². The zero-order valence-electron chi connectivity index (χ0n) is 13.4. The molecular weight excluding hydrogens is 310 g/mol. The smallest absolute Gasteiger partial charge is 0.151 e. The molecule has 1 aromatic carbocycles. The maximum Gasteiger partial charge on any atom is 0.151 e. The predicted molar refractivity (Wildman–Crippen MR) is 91.9 cm³/mol. The van der Waals surface area contributed by atoms with Crippen molar-refractivity contribution in [1.82, 2.24) is 14.5 Å². The first-order chi connectivity index (χ1) is 10.9. The summed E-state index contributed by atoms with van der Waals surface area (Å²) in [4.78, 5) is 9.06. The summed E-state index contributed by atoms with van der Waals surface area (Å²) in [6.45, 7) is 4.94. The molecule has 0 atom stereocenters. The van der Waals surface area contributed by atoms with Gasteiger partial charge < -0.3 is 4.57 Å². The van der Waals surface area contributed by atoms with Crippen LogP contribution in [0.1, 0.15) is 18.1 Å². The molecule has 0 aliphatic carbocycles. The summed E-state index contributed by atoms with van der Waals surface area (Å²) in [5.41, 5.74) is 4.37. The second kappa shape index (κ2) is 5.77. The van der Waals surface area contributed by atoms with E-state index in [1.165, 1.54) is 6.26 Å². The van der Waals surface area contributed by atoms with Gasteiger partial charge in [0.05, 0.1) is 23.3 Å². The van der Waals surface area contributed by atoms with Crippen molar-refractivity contribution in [2.24, 2.45) is 0 Å². The highest BCUT2D eigenvalue weighted by Crippen LogP contribution is 2.24. The van der Waals surface area contributed by atoms with Crippen LogP contribution >= 0.6 is 0 Å². The maximum atomic E-state index is 11.5. The summed E-state index contributed by atoms with van der Waals surface area (Å²) in [7, 11) is -3.04. The summed E-state index contributed by atoms with van der Waals surface area (Å²) >= 11 is 0. The summed E-state index contributed by atoms with van der Waals surface area (Å²) in [5.74, 6) is 0.0467. The van der Waals surface area contributed by atoms with E-state index in [9.17, 15) is 8.42 Å². The number of fused-ring (bicyclic) bond motifs is 1. The molecule has 23 heavy (non-hydrogen) atoms. The molecule has 3 aromatic rings. The van der Waals surface area contributed by atoms with E-state index in [1.807, 2.05) is 42.0 Å². The maximum absolute atomic E-state index is 11.5. The van der Waals surface area contributed by atoms with Gasteiger partial charge in [0.1, 0.15) is 5.69 Å². The summed E-state index contributed by atoms with van der Waals surface area (Å²) in [6.07, 6.45) is 5.02. The molecule has 3 rings (SSSR count). The fourth-order valence-electron chi connectivity index (χ4n) is 2.63. The van der Waals surface area contributed by atoms with Crippen molar-refractivity contribution in [1.29, 1.82) is 0 Å². The summed E-state index contributed by atoms with van der Waals surface area (Å²) in [6, 6.07) is 7.61. The Kier molecular flexibility index (Phi) is 3.93. The molecule has 0 bridgehead atoms. The fourth-order valence-corrected chi connectivity index (χ4v) is 3.42. The first kappa shape index (κ1) is 15.7. The summed E-state index contributed by atoms with van der Waals surface area (Å²) in [5, 5.41) is 0.977. The van der Waals surface area contributed by atoms with Crippen LogP contribution in [0.5, 0.6) is 0 Å². The molecule has 6 heteroatoms. The van der Waals surface area contributed by atoms with Crippen LogP contribution in [-0.2, 0) is 22.1 Å². The Balaban J connectivity index is 2.07. The van der Waals surface area contributed by atoms with E-state index in [-0.39, 0.29) is 5.75 Å². The Labute approximate surface area is 135 Å². The lowest BCUT2D eigenvalue weighted by Gasteiger charge is -2.07. The third-order valence-electron chi connectivity index (χ3n) is 3.77. The Morgan fingerprint density at radius 3 is 2.61 bits per heavy atom. The number of hydrogen-bond donors (Lipinski definition) is 0. The average Bonchev–Trinajstić information content (AvgIpc) is 2.95. The van der Waals surface area contributed by atoms with Crippen LogP contribution in [0.2, 0.25) is 0 Å². The molecule has 5 nitrogen and oxygen atoms in total. The van der Waals surface area contributed by atoms with Crippen molar-refractivity contribution in [3.05, 3.63) is 47.9 Å². The number of benzene rings is 1. The number of aromatic nitrogens is 3. The molecule has 0 saturated carbocycles. The van der Waals surface area contributed by atoms with Gasteiger partial charge in [-0.2, -0.15) is 0 Å². The van der Waals surface area contributed by atoms with E-state index in [4.69, 9.17) is 0 Å². The Morgan fingerprint density at radius 2 is 1.96 bits per heavy atom. The number of aryl methyl sites for hydroxylation is 2. The Morgan fingerprint density at radius 1 is 1.17 bits per heavy atom. The standard InChI is InChI=1S/C17H19N3O2S/c1-4-20-9-17(18-11-20)16-7-12(2)14-8-13(10-23(3,21)22)5-6-15(14)19-16/h5-9,11H,4,10H2,1-3H3. The Hall–Kier alpha value is -2.21. The normalized spacial score (nSPS) is 12.0. The number of hydrogen-bond acceptors (Lipinski definition) is 4. The zero-order valence-corrected chi connectivity index (χ0v) is 14.3. The highest BCUT2D eigenvalue weighted by atomic mass is 32.2. The molecule has 0 aliphatic heterocycles. The molecule has 0 N–H and O–H groups in total. The molecule has 0 saturated heterocycles. The van der Waals surface area contributed by atoms with Crippen molar-refractivity contribution >= 4 is 20.7 Å². The lowest BCUT2D eigenvalue weighted by atomic mass is 10.1. The first-order valence-corrected chi connectivity index (χ1v) is 9.52. The molecule has 0 amide bonds. The minimum absolute atomic E-state index is 0.0467. The van der Waals surface area contributed by atoms with Crippen molar-refractivity contribution in [2.75, 3.05) is 6.26 Å². The largest absolute Gasteiger partial charge is 0.337 e. The Bertz CT molecular complexity index is 975. The minimum atomic E-state index is -3.04. The molecular formula is C17H19N3O2S. The van der Waals surface area contributed by atoms with Gasteiger partial charge in [-0.05, 0) is 43.2 Å². The minimum Gasteiger partial charge on any atom is -0.337 e. The van der Waals surface area contributed by atoms with Gasteiger partial charge in [0, 0.05) is 24.4 Å². The van der Waals surface area contributed by atoms with Crippen molar-refractivity contribution in [3.8, 4) is 11.4 Å². The lowest BCUT2D eigenvalue weighted by molar-refractivity contribution is 0.601. The molecule has 0 aliphatic rings. The number of pyridine rings is 1. The molecule has 2 heterocycles. The van der Waals surface area contributed by atoms with Crippen molar-refractivity contribution < 1.29 is 8.42 Å². The van der Waals surface area contributed by atoms with Crippen LogP contribution in [0, 0.1) is 6.92 Å². The molecule has 2 aromatic heterocycles. The first-order valence-electron chi connectivity index (χ1n) is 7.46. The van der Waals surface area contributed by atoms with E-state index in [1.54, 1.807) is 6.33 Å². The van der Waals surface area contributed by atoms with Gasteiger partial charge >= 0.3 is 0 Å². The second-order valence-electron chi connectivity index (χ2n) is 5.84. The number of rotatable bonds is 4. The van der Waals surface area contributed by atoms with Gasteiger partial charge in [0.2, 0.25) is 0 Å². The third kappa shape index (κ3) is 3.42. The van der Waals surface area contributed by atoms with Crippen LogP contribution in [-0.4, -0.2) is 29.2 Å². The van der Waals surface area contributed by atoms with Crippen LogP contribution < -0.4 is 0 Å². The van der Waals surface area contributed by atoms with Crippen LogP contribution in [0.25, 0.3) is 22.3 Å². The average molecular weight is 329 g/mol. The molecule has 0 fully saturated rings. The molecule has 0 unspecified atom stereocenters. The highest BCUT2D eigenvalue weighted by Gasteiger charge is 2.10. The van der Waals surface area contributed by atoms with Crippen LogP contribution in [0.4, 0.5) is 0 Å². The zero-order chi connectivity index (χ0) is 16.6. The molecule has 0 spiro atoms. The third-order valence-corrected chi connectivity index (χ3v) is 4.63. The lowest BCUT2D eigenvalue weighted by Crippen LogP contribution is -2.01. The van der Waals surface area contributed by atoms with Crippen LogP contribution in [0.3, 0.4) is 0 Å². The van der Waals surface area contributed by atoms with Gasteiger partial charge in [-0.15, -0.1) is 0 Å². The van der Waals surface area contributed by atoms with E-state index in [2.05, 4.69) is 16.9 Å². The number of nitrogens with zero attached hydrogens (tertiary/aromatic N) is 3. The van der Waals surface area contributed by atoms with Gasteiger partial charge in [0.15, 0.2) is 9.84 Å².